The van der Waals surface area contributed by atoms with E-state index in [0.29, 0.717) is 30.3 Å². The van der Waals surface area contributed by atoms with Gasteiger partial charge < -0.3 is 9.47 Å². The molecule has 1 aromatic carbocycles. The molecule has 1 aromatic rings. The van der Waals surface area contributed by atoms with Gasteiger partial charge in [0, 0.05) is 18.4 Å². The summed E-state index contributed by atoms with van der Waals surface area (Å²) in [6.45, 7) is 20.5. The molecule has 0 N–H and O–H groups in total. The van der Waals surface area contributed by atoms with Crippen molar-refractivity contribution >= 4 is 11.9 Å². The molecule has 39 heavy (non-hydrogen) atoms. The molecule has 0 heterocycles. The van der Waals surface area contributed by atoms with Crippen LogP contribution in [-0.4, -0.2) is 11.9 Å². The topological polar surface area (TPSA) is 52.6 Å². The molecular formula is C35H54O4. The van der Waals surface area contributed by atoms with Gasteiger partial charge in [-0.05, 0) is 122 Å². The van der Waals surface area contributed by atoms with E-state index in [9.17, 15) is 9.59 Å². The standard InChI is InChI=1S/C35H54O4/c1-11-32(36)38-34-28(8)29(9)35(39-33(37)12-2)31(30(34)10)23-22-27(7)21-15-20-26(6)19-14-18-25(5)17-13-16-24(3)4/h16,18,20,27H,11-15,17,19,21-23H2,1-10H3/b25-18+,26-20+. The second-order valence-corrected chi connectivity index (χ2v) is 11.3. The molecule has 0 radical (unpaired) electrons. The van der Waals surface area contributed by atoms with Crippen LogP contribution in [0.4, 0.5) is 0 Å². The minimum atomic E-state index is -0.255. The molecule has 0 amide bonds. The van der Waals surface area contributed by atoms with Gasteiger partial charge in [-0.1, -0.05) is 55.7 Å². The second-order valence-electron chi connectivity index (χ2n) is 11.3. The first kappa shape index (κ1) is 34.4. The fourth-order valence-corrected chi connectivity index (χ4v) is 4.61. The number of carbonyl (C=O) groups is 2. The highest BCUT2D eigenvalue weighted by molar-refractivity contribution is 5.76. The lowest BCUT2D eigenvalue weighted by atomic mass is 9.90. The predicted octanol–water partition coefficient (Wildman–Crippen LogP) is 10.0. The summed E-state index contributed by atoms with van der Waals surface area (Å²) in [5, 5.41) is 0. The summed E-state index contributed by atoms with van der Waals surface area (Å²) in [5.41, 5.74) is 7.91. The van der Waals surface area contributed by atoms with Gasteiger partial charge in [0.05, 0.1) is 0 Å². The molecule has 0 aliphatic heterocycles. The zero-order valence-corrected chi connectivity index (χ0v) is 26.5. The lowest BCUT2D eigenvalue weighted by Crippen LogP contribution is -2.14. The Morgan fingerprint density at radius 2 is 1.18 bits per heavy atom. The van der Waals surface area contributed by atoms with Gasteiger partial charge in [-0.2, -0.15) is 0 Å². The molecule has 0 aliphatic rings. The van der Waals surface area contributed by atoms with Crippen LogP contribution in [0.1, 0.15) is 129 Å². The first-order valence-electron chi connectivity index (χ1n) is 14.9. The molecular weight excluding hydrogens is 484 g/mol. The third kappa shape index (κ3) is 12.4. The number of hydrogen-bond donors (Lipinski definition) is 0. The molecule has 4 nitrogen and oxygen atoms in total. The van der Waals surface area contributed by atoms with Gasteiger partial charge in [0.2, 0.25) is 0 Å². The van der Waals surface area contributed by atoms with E-state index in [1.165, 1.54) is 16.7 Å². The SMILES string of the molecule is CCC(=O)Oc1c(C)c(C)c(OC(=O)CC)c(CCC(C)CC/C=C(\C)CC/C=C(\C)CCC=C(C)C)c1C. The molecule has 1 atom stereocenters. The monoisotopic (exact) mass is 538 g/mol. The maximum atomic E-state index is 12.2. The van der Waals surface area contributed by atoms with Gasteiger partial charge >= 0.3 is 11.9 Å². The third-order valence-electron chi connectivity index (χ3n) is 7.48. The van der Waals surface area contributed by atoms with E-state index in [2.05, 4.69) is 52.8 Å². The molecule has 0 saturated heterocycles. The van der Waals surface area contributed by atoms with E-state index < -0.39 is 0 Å². The highest BCUT2D eigenvalue weighted by atomic mass is 16.5. The van der Waals surface area contributed by atoms with Crippen LogP contribution in [0.2, 0.25) is 0 Å². The van der Waals surface area contributed by atoms with Crippen molar-refractivity contribution in [1.29, 1.82) is 0 Å². The summed E-state index contributed by atoms with van der Waals surface area (Å²) in [6.07, 6.45) is 16.1. The van der Waals surface area contributed by atoms with Gasteiger partial charge in [0.1, 0.15) is 11.5 Å². The van der Waals surface area contributed by atoms with Crippen molar-refractivity contribution in [1.82, 2.24) is 0 Å². The quantitative estimate of drug-likeness (QED) is 0.119. The van der Waals surface area contributed by atoms with Crippen molar-refractivity contribution in [3.63, 3.8) is 0 Å². The summed E-state index contributed by atoms with van der Waals surface area (Å²) < 4.78 is 11.5. The van der Waals surface area contributed by atoms with Crippen LogP contribution in [0.15, 0.2) is 34.9 Å². The molecule has 0 bridgehead atoms. The van der Waals surface area contributed by atoms with Crippen molar-refractivity contribution in [2.75, 3.05) is 0 Å². The molecule has 0 spiro atoms. The fourth-order valence-electron chi connectivity index (χ4n) is 4.61. The first-order chi connectivity index (χ1) is 18.4. The van der Waals surface area contributed by atoms with E-state index in [4.69, 9.17) is 9.47 Å². The lowest BCUT2D eigenvalue weighted by molar-refractivity contribution is -0.135. The minimum absolute atomic E-state index is 0.247. The van der Waals surface area contributed by atoms with E-state index in [1.807, 2.05) is 20.8 Å². The molecule has 1 rings (SSSR count). The van der Waals surface area contributed by atoms with Crippen LogP contribution in [-0.2, 0) is 16.0 Å². The largest absolute Gasteiger partial charge is 0.426 e. The van der Waals surface area contributed by atoms with Crippen molar-refractivity contribution in [2.45, 2.75) is 133 Å². The predicted molar refractivity (Wildman–Crippen MR) is 165 cm³/mol. The summed E-state index contributed by atoms with van der Waals surface area (Å²) in [4.78, 5) is 24.3. The molecule has 218 valence electrons. The number of benzene rings is 1. The Hall–Kier alpha value is -2.62. The number of rotatable bonds is 16. The zero-order chi connectivity index (χ0) is 29.5. The Bertz CT molecular complexity index is 1050. The minimum Gasteiger partial charge on any atom is -0.426 e. The van der Waals surface area contributed by atoms with Gasteiger partial charge in [-0.3, -0.25) is 9.59 Å². The molecule has 0 fully saturated rings. The molecule has 0 aromatic heterocycles. The average Bonchev–Trinajstić information content (AvgIpc) is 2.88. The van der Waals surface area contributed by atoms with Crippen LogP contribution in [0, 0.1) is 26.7 Å². The van der Waals surface area contributed by atoms with E-state index in [1.54, 1.807) is 13.8 Å². The normalized spacial score (nSPS) is 12.8. The number of hydrogen-bond acceptors (Lipinski definition) is 4. The van der Waals surface area contributed by atoms with Crippen LogP contribution in [0.25, 0.3) is 0 Å². The lowest BCUT2D eigenvalue weighted by Gasteiger charge is -2.22. The first-order valence-corrected chi connectivity index (χ1v) is 14.9. The smallest absolute Gasteiger partial charge is 0.310 e. The maximum absolute atomic E-state index is 12.2. The van der Waals surface area contributed by atoms with Crippen LogP contribution >= 0.6 is 0 Å². The van der Waals surface area contributed by atoms with Crippen molar-refractivity contribution in [2.24, 2.45) is 5.92 Å². The summed E-state index contributed by atoms with van der Waals surface area (Å²) >= 11 is 0. The fraction of sp³-hybridized carbons (Fsp3) is 0.600. The van der Waals surface area contributed by atoms with E-state index in [-0.39, 0.29) is 11.9 Å². The zero-order valence-electron chi connectivity index (χ0n) is 26.5. The van der Waals surface area contributed by atoms with Crippen LogP contribution in [0.3, 0.4) is 0 Å². The highest BCUT2D eigenvalue weighted by Gasteiger charge is 2.23. The number of ether oxygens (including phenoxy) is 2. The summed E-state index contributed by atoms with van der Waals surface area (Å²) in [6, 6.07) is 0. The van der Waals surface area contributed by atoms with Gasteiger partial charge in [-0.15, -0.1) is 0 Å². The summed E-state index contributed by atoms with van der Waals surface area (Å²) in [5.74, 6) is 1.26. The Kier molecular flexibility index (Phi) is 15.8. The summed E-state index contributed by atoms with van der Waals surface area (Å²) in [7, 11) is 0. The second kappa shape index (κ2) is 17.9. The van der Waals surface area contributed by atoms with Crippen molar-refractivity contribution in [3.8, 4) is 11.5 Å². The Morgan fingerprint density at radius 1 is 0.692 bits per heavy atom. The Labute approximate surface area is 238 Å². The van der Waals surface area contributed by atoms with E-state index >= 15 is 0 Å². The highest BCUT2D eigenvalue weighted by Crippen LogP contribution is 2.39. The third-order valence-corrected chi connectivity index (χ3v) is 7.48. The average molecular weight is 539 g/mol. The number of carbonyl (C=O) groups excluding carboxylic acids is 2. The van der Waals surface area contributed by atoms with Gasteiger partial charge in [0.15, 0.2) is 0 Å². The van der Waals surface area contributed by atoms with Crippen LogP contribution < -0.4 is 9.47 Å². The molecule has 0 saturated carbocycles. The Balaban J connectivity index is 2.81. The van der Waals surface area contributed by atoms with Crippen LogP contribution in [0.5, 0.6) is 11.5 Å². The number of esters is 2. The van der Waals surface area contributed by atoms with Crippen molar-refractivity contribution in [3.05, 3.63) is 57.2 Å². The maximum Gasteiger partial charge on any atom is 0.310 e. The molecule has 4 heteroatoms. The van der Waals surface area contributed by atoms with Gasteiger partial charge in [-0.25, -0.2) is 0 Å². The van der Waals surface area contributed by atoms with Crippen molar-refractivity contribution < 1.29 is 19.1 Å². The number of allylic oxidation sites excluding steroid dienone is 6. The van der Waals surface area contributed by atoms with E-state index in [0.717, 1.165) is 73.6 Å². The van der Waals surface area contributed by atoms with Gasteiger partial charge in [0.25, 0.3) is 0 Å². The Morgan fingerprint density at radius 3 is 1.72 bits per heavy atom. The molecule has 0 aliphatic carbocycles. The molecule has 1 unspecified atom stereocenters.